The van der Waals surface area contributed by atoms with Gasteiger partial charge in [0.05, 0.1) is 6.54 Å². The van der Waals surface area contributed by atoms with Crippen molar-refractivity contribution < 1.29 is 19.1 Å². The molecular weight excluding hydrogens is 270 g/mol. The summed E-state index contributed by atoms with van der Waals surface area (Å²) >= 11 is 0. The second-order valence-electron chi connectivity index (χ2n) is 6.66. The summed E-state index contributed by atoms with van der Waals surface area (Å²) in [5.74, 6) is -0.270. The first-order valence-electron chi connectivity index (χ1n) is 7.44. The van der Waals surface area contributed by atoms with E-state index in [2.05, 4.69) is 19.2 Å². The molecular formula is C16H23NO4. The van der Waals surface area contributed by atoms with Crippen LogP contribution in [0.15, 0.2) is 16.5 Å². The zero-order chi connectivity index (χ0) is 15.5. The van der Waals surface area contributed by atoms with Crippen molar-refractivity contribution in [3.63, 3.8) is 0 Å². The highest BCUT2D eigenvalue weighted by Gasteiger charge is 2.27. The molecule has 0 aliphatic heterocycles. The molecule has 1 saturated carbocycles. The van der Waals surface area contributed by atoms with Gasteiger partial charge in [-0.2, -0.15) is 0 Å². The molecule has 2 rings (SSSR count). The molecule has 1 aliphatic carbocycles. The maximum absolute atomic E-state index is 11.9. The lowest BCUT2D eigenvalue weighted by atomic mass is 9.72. The molecule has 5 heteroatoms. The van der Waals surface area contributed by atoms with Crippen molar-refractivity contribution >= 4 is 11.9 Å². The first-order valence-corrected chi connectivity index (χ1v) is 7.44. The van der Waals surface area contributed by atoms with E-state index in [1.807, 2.05) is 0 Å². The Hall–Kier alpha value is -1.78. The zero-order valence-corrected chi connectivity index (χ0v) is 12.6. The summed E-state index contributed by atoms with van der Waals surface area (Å²) in [5, 5.41) is 11.5. The summed E-state index contributed by atoms with van der Waals surface area (Å²) in [7, 11) is 0. The Morgan fingerprint density at radius 2 is 2.00 bits per heavy atom. The highest BCUT2D eigenvalue weighted by Crippen LogP contribution is 2.39. The number of carbonyl (C=O) groups is 2. The van der Waals surface area contributed by atoms with Crippen molar-refractivity contribution in [3.8, 4) is 0 Å². The second-order valence-corrected chi connectivity index (χ2v) is 6.66. The number of amides is 1. The number of hydrogen-bond donors (Lipinski definition) is 2. The zero-order valence-electron chi connectivity index (χ0n) is 12.6. The highest BCUT2D eigenvalue weighted by molar-refractivity contribution is 5.84. The fraction of sp³-hybridized carbons (Fsp3) is 0.625. The third kappa shape index (κ3) is 4.62. The molecule has 0 radical (unpaired) electrons. The van der Waals surface area contributed by atoms with Gasteiger partial charge < -0.3 is 14.8 Å². The van der Waals surface area contributed by atoms with Gasteiger partial charge in [-0.3, -0.25) is 4.79 Å². The van der Waals surface area contributed by atoms with Gasteiger partial charge >= 0.3 is 5.97 Å². The lowest BCUT2D eigenvalue weighted by Gasteiger charge is -2.34. The summed E-state index contributed by atoms with van der Waals surface area (Å²) in [5.41, 5.74) is 0.411. The normalized spacial score (nSPS) is 18.4. The van der Waals surface area contributed by atoms with Gasteiger partial charge in [0.2, 0.25) is 11.7 Å². The minimum Gasteiger partial charge on any atom is -0.475 e. The number of furan rings is 1. The van der Waals surface area contributed by atoms with Crippen LogP contribution in [0.25, 0.3) is 0 Å². The molecule has 0 aromatic carbocycles. The lowest BCUT2D eigenvalue weighted by molar-refractivity contribution is -0.122. The lowest BCUT2D eigenvalue weighted by Crippen LogP contribution is -2.28. The van der Waals surface area contributed by atoms with Crippen molar-refractivity contribution in [2.75, 3.05) is 0 Å². The molecule has 0 atom stereocenters. The van der Waals surface area contributed by atoms with Gasteiger partial charge in [-0.15, -0.1) is 0 Å². The molecule has 1 amide bonds. The smallest absolute Gasteiger partial charge is 0.371 e. The molecule has 21 heavy (non-hydrogen) atoms. The van der Waals surface area contributed by atoms with Gasteiger partial charge in [0.25, 0.3) is 0 Å². The number of carboxylic acid groups (broad SMARTS) is 1. The molecule has 1 aromatic rings. The fourth-order valence-electron chi connectivity index (χ4n) is 2.77. The Morgan fingerprint density at radius 3 is 2.57 bits per heavy atom. The van der Waals surface area contributed by atoms with Gasteiger partial charge in [-0.1, -0.05) is 13.8 Å². The molecule has 0 spiro atoms. The number of nitrogens with one attached hydrogen (secondary N) is 1. The van der Waals surface area contributed by atoms with Crippen LogP contribution in [0, 0.1) is 11.3 Å². The third-order valence-corrected chi connectivity index (χ3v) is 4.27. The largest absolute Gasteiger partial charge is 0.475 e. The minimum absolute atomic E-state index is 0.00739. The van der Waals surface area contributed by atoms with Crippen LogP contribution in [-0.2, 0) is 11.3 Å². The van der Waals surface area contributed by atoms with Gasteiger partial charge in [0.1, 0.15) is 5.76 Å². The fourth-order valence-corrected chi connectivity index (χ4v) is 2.77. The van der Waals surface area contributed by atoms with Crippen molar-refractivity contribution in [1.82, 2.24) is 5.32 Å². The van der Waals surface area contributed by atoms with Crippen LogP contribution in [0.1, 0.15) is 62.3 Å². The summed E-state index contributed by atoms with van der Waals surface area (Å²) in [6, 6.07) is 2.97. The Labute approximate surface area is 124 Å². The number of carbonyl (C=O) groups excluding carboxylic acids is 1. The molecule has 0 bridgehead atoms. The van der Waals surface area contributed by atoms with Crippen molar-refractivity contribution in [1.29, 1.82) is 0 Å². The van der Waals surface area contributed by atoms with Crippen LogP contribution in [0.4, 0.5) is 0 Å². The maximum atomic E-state index is 11.9. The Bertz CT molecular complexity index is 508. The van der Waals surface area contributed by atoms with Crippen molar-refractivity contribution in [2.24, 2.45) is 11.3 Å². The highest BCUT2D eigenvalue weighted by atomic mass is 16.4. The summed E-state index contributed by atoms with van der Waals surface area (Å²) < 4.78 is 5.10. The van der Waals surface area contributed by atoms with Crippen LogP contribution < -0.4 is 5.32 Å². The predicted octanol–water partition coefficient (Wildman–Crippen LogP) is 3.20. The molecule has 0 unspecified atom stereocenters. The minimum atomic E-state index is -1.10. The van der Waals surface area contributed by atoms with Crippen molar-refractivity contribution in [2.45, 2.75) is 52.5 Å². The number of carboxylic acids is 1. The maximum Gasteiger partial charge on any atom is 0.371 e. The molecule has 0 saturated heterocycles. The summed E-state index contributed by atoms with van der Waals surface area (Å²) in [6.45, 7) is 4.80. The van der Waals surface area contributed by atoms with Crippen LogP contribution in [0.2, 0.25) is 0 Å². The van der Waals surface area contributed by atoms with E-state index in [1.54, 1.807) is 6.07 Å². The van der Waals surface area contributed by atoms with E-state index in [9.17, 15) is 9.59 Å². The first kappa shape index (κ1) is 15.6. The van der Waals surface area contributed by atoms with E-state index < -0.39 is 5.97 Å². The molecule has 1 aliphatic rings. The average Bonchev–Trinajstić information content (AvgIpc) is 2.88. The van der Waals surface area contributed by atoms with E-state index in [-0.39, 0.29) is 18.2 Å². The van der Waals surface area contributed by atoms with E-state index in [0.29, 0.717) is 23.5 Å². The van der Waals surface area contributed by atoms with Gasteiger partial charge in [-0.05, 0) is 49.1 Å². The summed E-state index contributed by atoms with van der Waals surface area (Å²) in [4.78, 5) is 22.6. The second kappa shape index (κ2) is 6.33. The molecule has 2 N–H and O–H groups in total. The topological polar surface area (TPSA) is 79.5 Å². The molecule has 5 nitrogen and oxygen atoms in total. The van der Waals surface area contributed by atoms with Crippen LogP contribution in [0.3, 0.4) is 0 Å². The number of aromatic carboxylic acids is 1. The van der Waals surface area contributed by atoms with Crippen LogP contribution in [0.5, 0.6) is 0 Å². The Kier molecular flexibility index (Phi) is 4.70. The number of rotatable bonds is 5. The standard InChI is InChI=1S/C16H23NO4/c1-16(2)7-5-11(6-8-16)9-14(18)17-10-12-3-4-13(21-12)15(19)20/h3-4,11H,5-10H2,1-2H3,(H,17,18)(H,19,20). The third-order valence-electron chi connectivity index (χ3n) is 4.27. The van der Waals surface area contributed by atoms with Gasteiger partial charge in [-0.25, -0.2) is 4.79 Å². The predicted molar refractivity (Wildman–Crippen MR) is 77.9 cm³/mol. The Balaban J connectivity index is 1.73. The molecule has 1 aromatic heterocycles. The molecule has 1 heterocycles. The van der Waals surface area contributed by atoms with E-state index in [1.165, 1.54) is 18.9 Å². The molecule has 116 valence electrons. The number of hydrogen-bond acceptors (Lipinski definition) is 3. The average molecular weight is 293 g/mol. The van der Waals surface area contributed by atoms with Gasteiger partial charge in [0.15, 0.2) is 0 Å². The van der Waals surface area contributed by atoms with E-state index >= 15 is 0 Å². The monoisotopic (exact) mass is 293 g/mol. The summed E-state index contributed by atoms with van der Waals surface area (Å²) in [6.07, 6.45) is 5.09. The quantitative estimate of drug-likeness (QED) is 0.873. The van der Waals surface area contributed by atoms with Gasteiger partial charge in [0, 0.05) is 6.42 Å². The van der Waals surface area contributed by atoms with Crippen LogP contribution in [-0.4, -0.2) is 17.0 Å². The Morgan fingerprint density at radius 1 is 1.33 bits per heavy atom. The van der Waals surface area contributed by atoms with E-state index in [0.717, 1.165) is 12.8 Å². The molecule has 1 fully saturated rings. The van der Waals surface area contributed by atoms with Crippen molar-refractivity contribution in [3.05, 3.63) is 23.7 Å². The van der Waals surface area contributed by atoms with Crippen LogP contribution >= 0.6 is 0 Å². The van der Waals surface area contributed by atoms with E-state index in [4.69, 9.17) is 9.52 Å². The SMILES string of the molecule is CC1(C)CCC(CC(=O)NCc2ccc(C(=O)O)o2)CC1. The first-order chi connectivity index (χ1) is 9.85.